The first-order chi connectivity index (χ1) is 10.2. The van der Waals surface area contributed by atoms with Crippen LogP contribution in [0.4, 0.5) is 5.69 Å². The molecule has 2 unspecified atom stereocenters. The fraction of sp³-hybridized carbons (Fsp3) is 0.684. The summed E-state index contributed by atoms with van der Waals surface area (Å²) < 4.78 is 6.44. The van der Waals surface area contributed by atoms with Crippen LogP contribution in [0.5, 0.6) is 0 Å². The highest BCUT2D eigenvalue weighted by atomic mass is 16.5. The molecular formula is C19H29NO. The lowest BCUT2D eigenvalue weighted by atomic mass is 9.97. The molecule has 2 nitrogen and oxygen atoms in total. The van der Waals surface area contributed by atoms with Crippen LogP contribution in [0.25, 0.3) is 0 Å². The molecule has 1 saturated carbocycles. The molecule has 1 aromatic carbocycles. The molecule has 0 N–H and O–H groups in total. The molecule has 2 heteroatoms. The van der Waals surface area contributed by atoms with Crippen molar-refractivity contribution in [3.05, 3.63) is 30.3 Å². The number of hydrogen-bond acceptors (Lipinski definition) is 2. The second-order valence-electron chi connectivity index (χ2n) is 7.05. The Morgan fingerprint density at radius 3 is 2.38 bits per heavy atom. The molecule has 2 atom stereocenters. The highest BCUT2D eigenvalue weighted by Crippen LogP contribution is 2.33. The van der Waals surface area contributed by atoms with E-state index in [2.05, 4.69) is 49.1 Å². The molecule has 0 radical (unpaired) electrons. The fourth-order valence-corrected chi connectivity index (χ4v) is 3.95. The maximum Gasteiger partial charge on any atom is 0.0773 e. The lowest BCUT2D eigenvalue weighted by Crippen LogP contribution is -2.33. The monoisotopic (exact) mass is 287 g/mol. The van der Waals surface area contributed by atoms with Gasteiger partial charge in [0.05, 0.1) is 12.2 Å². The van der Waals surface area contributed by atoms with E-state index in [1.807, 2.05) is 0 Å². The van der Waals surface area contributed by atoms with Crippen LogP contribution in [0.1, 0.15) is 52.4 Å². The Morgan fingerprint density at radius 1 is 1.00 bits per heavy atom. The highest BCUT2D eigenvalue weighted by molar-refractivity contribution is 5.48. The van der Waals surface area contributed by atoms with Crippen LogP contribution in [-0.2, 0) is 4.74 Å². The van der Waals surface area contributed by atoms with Gasteiger partial charge in [-0.2, -0.15) is 0 Å². The molecule has 0 amide bonds. The zero-order valence-electron chi connectivity index (χ0n) is 13.5. The van der Waals surface area contributed by atoms with Crippen molar-refractivity contribution in [2.24, 2.45) is 5.92 Å². The molecule has 1 aromatic rings. The van der Waals surface area contributed by atoms with Gasteiger partial charge in [0.2, 0.25) is 0 Å². The number of benzene rings is 1. The van der Waals surface area contributed by atoms with Gasteiger partial charge in [-0.05, 0) is 37.3 Å². The van der Waals surface area contributed by atoms with Crippen LogP contribution in [0.3, 0.4) is 0 Å². The Kier molecular flexibility index (Phi) is 4.84. The van der Waals surface area contributed by atoms with Crippen LogP contribution in [0, 0.1) is 5.92 Å². The summed E-state index contributed by atoms with van der Waals surface area (Å²) in [6, 6.07) is 11.5. The standard InChI is InChI=1S/C19H29NO/c1-15(2)19-13-18(21-17-11-7-4-8-12-17)14-20(19)16-9-5-3-6-10-16/h3,5-6,9-10,15,17-19H,4,7-8,11-14H2,1-2H3. The van der Waals surface area contributed by atoms with Gasteiger partial charge in [-0.25, -0.2) is 0 Å². The first-order valence-corrected chi connectivity index (χ1v) is 8.71. The average Bonchev–Trinajstić information content (AvgIpc) is 2.93. The first kappa shape index (κ1) is 14.9. The second-order valence-corrected chi connectivity index (χ2v) is 7.05. The lowest BCUT2D eigenvalue weighted by Gasteiger charge is -2.29. The third-order valence-electron chi connectivity index (χ3n) is 5.10. The van der Waals surface area contributed by atoms with Gasteiger partial charge in [-0.1, -0.05) is 51.3 Å². The van der Waals surface area contributed by atoms with E-state index >= 15 is 0 Å². The minimum atomic E-state index is 0.417. The number of rotatable bonds is 4. The van der Waals surface area contributed by atoms with E-state index in [9.17, 15) is 0 Å². The van der Waals surface area contributed by atoms with E-state index in [0.29, 0.717) is 24.2 Å². The number of para-hydroxylation sites is 1. The second kappa shape index (κ2) is 6.83. The average molecular weight is 287 g/mol. The molecule has 1 aliphatic heterocycles. The van der Waals surface area contributed by atoms with Gasteiger partial charge in [0.25, 0.3) is 0 Å². The predicted octanol–water partition coefficient (Wildman–Crippen LogP) is 4.64. The quantitative estimate of drug-likeness (QED) is 0.800. The van der Waals surface area contributed by atoms with Gasteiger partial charge in [0, 0.05) is 18.3 Å². The smallest absolute Gasteiger partial charge is 0.0773 e. The molecule has 1 heterocycles. The van der Waals surface area contributed by atoms with E-state index < -0.39 is 0 Å². The summed E-state index contributed by atoms with van der Waals surface area (Å²) in [6.07, 6.45) is 8.77. The van der Waals surface area contributed by atoms with Crippen molar-refractivity contribution in [2.75, 3.05) is 11.4 Å². The van der Waals surface area contributed by atoms with E-state index in [0.717, 1.165) is 6.54 Å². The van der Waals surface area contributed by atoms with Gasteiger partial charge >= 0.3 is 0 Å². The summed E-state index contributed by atoms with van der Waals surface area (Å²) in [4.78, 5) is 2.57. The summed E-state index contributed by atoms with van der Waals surface area (Å²) in [7, 11) is 0. The Labute approximate surface area is 129 Å². The van der Waals surface area contributed by atoms with Crippen molar-refractivity contribution >= 4 is 5.69 Å². The topological polar surface area (TPSA) is 12.5 Å². The Hall–Kier alpha value is -1.02. The molecule has 0 bridgehead atoms. The van der Waals surface area contributed by atoms with Crippen molar-refractivity contribution in [1.82, 2.24) is 0 Å². The van der Waals surface area contributed by atoms with Gasteiger partial charge < -0.3 is 9.64 Å². The van der Waals surface area contributed by atoms with Crippen LogP contribution in [0.2, 0.25) is 0 Å². The van der Waals surface area contributed by atoms with Gasteiger partial charge in [-0.15, -0.1) is 0 Å². The van der Waals surface area contributed by atoms with Crippen LogP contribution >= 0.6 is 0 Å². The summed E-state index contributed by atoms with van der Waals surface area (Å²) in [6.45, 7) is 5.73. The van der Waals surface area contributed by atoms with Crippen LogP contribution in [-0.4, -0.2) is 24.8 Å². The summed E-state index contributed by atoms with van der Waals surface area (Å²) in [5, 5.41) is 0. The van der Waals surface area contributed by atoms with E-state index in [1.54, 1.807) is 0 Å². The number of nitrogens with zero attached hydrogens (tertiary/aromatic N) is 1. The third kappa shape index (κ3) is 3.60. The molecule has 2 fully saturated rings. The molecule has 0 spiro atoms. The van der Waals surface area contributed by atoms with Gasteiger partial charge in [0.1, 0.15) is 0 Å². The normalized spacial score (nSPS) is 27.5. The number of ether oxygens (including phenoxy) is 1. The largest absolute Gasteiger partial charge is 0.373 e. The maximum atomic E-state index is 6.44. The van der Waals surface area contributed by atoms with Crippen LogP contribution in [0.15, 0.2) is 30.3 Å². The summed E-state index contributed by atoms with van der Waals surface area (Å²) in [5.74, 6) is 0.671. The lowest BCUT2D eigenvalue weighted by molar-refractivity contribution is -0.0208. The summed E-state index contributed by atoms with van der Waals surface area (Å²) >= 11 is 0. The Balaban J connectivity index is 1.66. The third-order valence-corrected chi connectivity index (χ3v) is 5.10. The molecule has 116 valence electrons. The Morgan fingerprint density at radius 2 is 1.71 bits per heavy atom. The van der Waals surface area contributed by atoms with E-state index in [4.69, 9.17) is 4.74 Å². The predicted molar refractivity (Wildman–Crippen MR) is 88.8 cm³/mol. The molecule has 1 saturated heterocycles. The van der Waals surface area contributed by atoms with E-state index in [1.165, 1.54) is 44.2 Å². The molecule has 0 aromatic heterocycles. The molecular weight excluding hydrogens is 258 g/mol. The summed E-state index contributed by atoms with van der Waals surface area (Å²) in [5.41, 5.74) is 1.35. The zero-order chi connectivity index (χ0) is 14.7. The molecule has 2 aliphatic rings. The molecule has 21 heavy (non-hydrogen) atoms. The van der Waals surface area contributed by atoms with Gasteiger partial charge in [0.15, 0.2) is 0 Å². The first-order valence-electron chi connectivity index (χ1n) is 8.71. The highest BCUT2D eigenvalue weighted by Gasteiger charge is 2.35. The molecule has 1 aliphatic carbocycles. The van der Waals surface area contributed by atoms with Crippen molar-refractivity contribution in [1.29, 1.82) is 0 Å². The van der Waals surface area contributed by atoms with Crippen molar-refractivity contribution < 1.29 is 4.74 Å². The van der Waals surface area contributed by atoms with Crippen LogP contribution < -0.4 is 4.90 Å². The SMILES string of the molecule is CC(C)C1CC(OC2CCCCC2)CN1c1ccccc1. The maximum absolute atomic E-state index is 6.44. The van der Waals surface area contributed by atoms with Crippen molar-refractivity contribution in [2.45, 2.75) is 70.6 Å². The Bertz CT molecular complexity index is 424. The van der Waals surface area contributed by atoms with Gasteiger partial charge in [-0.3, -0.25) is 0 Å². The zero-order valence-corrected chi connectivity index (χ0v) is 13.5. The fourth-order valence-electron chi connectivity index (χ4n) is 3.95. The molecule has 3 rings (SSSR count). The minimum absolute atomic E-state index is 0.417. The number of hydrogen-bond donors (Lipinski definition) is 0. The van der Waals surface area contributed by atoms with Crippen molar-refractivity contribution in [3.8, 4) is 0 Å². The minimum Gasteiger partial charge on any atom is -0.373 e. The number of anilines is 1. The van der Waals surface area contributed by atoms with E-state index in [-0.39, 0.29) is 0 Å². The van der Waals surface area contributed by atoms with Crippen molar-refractivity contribution in [3.63, 3.8) is 0 Å².